The molecule has 0 fully saturated rings. The molecule has 0 aliphatic carbocycles. The van der Waals surface area contributed by atoms with Crippen LogP contribution in [0.2, 0.25) is 5.02 Å². The second-order valence-electron chi connectivity index (χ2n) is 4.69. The van der Waals surface area contributed by atoms with Crippen molar-refractivity contribution in [2.75, 3.05) is 14.2 Å². The lowest BCUT2D eigenvalue weighted by Crippen LogP contribution is -2.14. The molecule has 3 nitrogen and oxygen atoms in total. The molecule has 0 aromatic heterocycles. The Labute approximate surface area is 128 Å². The van der Waals surface area contributed by atoms with Crippen molar-refractivity contribution >= 4 is 11.6 Å². The van der Waals surface area contributed by atoms with Gasteiger partial charge in [-0.05, 0) is 41.8 Å². The minimum Gasteiger partial charge on any atom is -0.497 e. The molecule has 0 bridgehead atoms. The van der Waals surface area contributed by atoms with Crippen LogP contribution in [-0.4, -0.2) is 14.2 Å². The van der Waals surface area contributed by atoms with E-state index in [2.05, 4.69) is 0 Å². The van der Waals surface area contributed by atoms with E-state index in [0.29, 0.717) is 22.9 Å². The summed E-state index contributed by atoms with van der Waals surface area (Å²) >= 11 is 6.03. The zero-order chi connectivity index (χ0) is 15.4. The fourth-order valence-corrected chi connectivity index (χ4v) is 2.33. The topological polar surface area (TPSA) is 44.5 Å². The zero-order valence-corrected chi connectivity index (χ0v) is 12.7. The van der Waals surface area contributed by atoms with E-state index in [1.165, 1.54) is 12.1 Å². The van der Waals surface area contributed by atoms with Crippen LogP contribution < -0.4 is 15.2 Å². The number of methoxy groups -OCH3 is 2. The number of ether oxygens (including phenoxy) is 2. The number of hydrogen-bond donors (Lipinski definition) is 1. The Balaban J connectivity index is 2.25. The van der Waals surface area contributed by atoms with Crippen molar-refractivity contribution in [3.05, 3.63) is 58.4 Å². The van der Waals surface area contributed by atoms with Crippen LogP contribution >= 0.6 is 11.6 Å². The number of hydrogen-bond acceptors (Lipinski definition) is 3. The highest BCUT2D eigenvalue weighted by atomic mass is 35.5. The molecule has 1 unspecified atom stereocenters. The van der Waals surface area contributed by atoms with Crippen LogP contribution in [0.5, 0.6) is 11.5 Å². The van der Waals surface area contributed by atoms with E-state index in [-0.39, 0.29) is 11.9 Å². The average Bonchev–Trinajstić information content (AvgIpc) is 2.49. The molecule has 0 heterocycles. The van der Waals surface area contributed by atoms with E-state index in [1.807, 2.05) is 12.1 Å². The average molecular weight is 310 g/mol. The van der Waals surface area contributed by atoms with Gasteiger partial charge in [0.15, 0.2) is 0 Å². The molecule has 2 N–H and O–H groups in total. The van der Waals surface area contributed by atoms with Crippen LogP contribution in [0.4, 0.5) is 4.39 Å². The van der Waals surface area contributed by atoms with Crippen LogP contribution in [0.3, 0.4) is 0 Å². The monoisotopic (exact) mass is 309 g/mol. The fraction of sp³-hybridized carbons (Fsp3) is 0.250. The Hall–Kier alpha value is -1.78. The van der Waals surface area contributed by atoms with E-state index < -0.39 is 0 Å². The van der Waals surface area contributed by atoms with E-state index in [4.69, 9.17) is 26.8 Å². The van der Waals surface area contributed by atoms with Gasteiger partial charge in [0.25, 0.3) is 0 Å². The van der Waals surface area contributed by atoms with Gasteiger partial charge in [0, 0.05) is 17.1 Å². The zero-order valence-electron chi connectivity index (χ0n) is 11.9. The maximum Gasteiger partial charge on any atom is 0.124 e. The molecule has 112 valence electrons. The molecule has 0 spiro atoms. The first-order valence-corrected chi connectivity index (χ1v) is 6.83. The first-order valence-electron chi connectivity index (χ1n) is 6.46. The maximum absolute atomic E-state index is 13.1. The third-order valence-corrected chi connectivity index (χ3v) is 3.61. The van der Waals surface area contributed by atoms with Crippen molar-refractivity contribution in [2.24, 2.45) is 5.73 Å². The van der Waals surface area contributed by atoms with Crippen LogP contribution in [0.1, 0.15) is 17.2 Å². The Morgan fingerprint density at radius 3 is 2.24 bits per heavy atom. The second kappa shape index (κ2) is 6.78. The lowest BCUT2D eigenvalue weighted by Gasteiger charge is -2.15. The Bertz CT molecular complexity index is 611. The Morgan fingerprint density at radius 2 is 1.71 bits per heavy atom. The molecule has 2 rings (SSSR count). The summed E-state index contributed by atoms with van der Waals surface area (Å²) in [7, 11) is 3.17. The molecule has 5 heteroatoms. The molecule has 0 aliphatic heterocycles. The predicted octanol–water partition coefficient (Wildman–Crippen LogP) is 3.74. The summed E-state index contributed by atoms with van der Waals surface area (Å²) in [6.45, 7) is 0. The molecule has 0 aliphatic rings. The first-order chi connectivity index (χ1) is 10.0. The van der Waals surface area contributed by atoms with Crippen molar-refractivity contribution in [1.29, 1.82) is 0 Å². The van der Waals surface area contributed by atoms with Gasteiger partial charge in [-0.25, -0.2) is 4.39 Å². The molecule has 21 heavy (non-hydrogen) atoms. The molecule has 0 radical (unpaired) electrons. The smallest absolute Gasteiger partial charge is 0.124 e. The molecule has 2 aromatic rings. The number of benzene rings is 2. The van der Waals surface area contributed by atoms with Gasteiger partial charge in [-0.1, -0.05) is 17.7 Å². The summed E-state index contributed by atoms with van der Waals surface area (Å²) < 4.78 is 23.5. The van der Waals surface area contributed by atoms with Crippen molar-refractivity contribution in [1.82, 2.24) is 0 Å². The first kappa shape index (κ1) is 15.6. The van der Waals surface area contributed by atoms with Crippen LogP contribution in [0.25, 0.3) is 0 Å². The van der Waals surface area contributed by atoms with Crippen LogP contribution in [-0.2, 0) is 6.42 Å². The summed E-state index contributed by atoms with van der Waals surface area (Å²) in [4.78, 5) is 0. The lowest BCUT2D eigenvalue weighted by molar-refractivity contribution is 0.392. The van der Waals surface area contributed by atoms with Crippen molar-refractivity contribution in [3.63, 3.8) is 0 Å². The highest BCUT2D eigenvalue weighted by Gasteiger charge is 2.13. The van der Waals surface area contributed by atoms with Crippen molar-refractivity contribution < 1.29 is 13.9 Å². The molecular formula is C16H17ClFNO2. The molecule has 2 aromatic carbocycles. The van der Waals surface area contributed by atoms with E-state index in [0.717, 1.165) is 11.1 Å². The summed E-state index contributed by atoms with van der Waals surface area (Å²) in [5, 5.41) is 0.375. The maximum atomic E-state index is 13.1. The number of halogens is 2. The normalized spacial score (nSPS) is 12.0. The standard InChI is InChI=1S/C16H17ClFNO2/c1-20-13-5-11(6-14(9-13)21-2)16(19)7-10-3-4-12(18)8-15(10)17/h3-6,8-9,16H,7,19H2,1-2H3. The Kier molecular flexibility index (Phi) is 5.04. The van der Waals surface area contributed by atoms with Gasteiger partial charge in [-0.2, -0.15) is 0 Å². The largest absolute Gasteiger partial charge is 0.497 e. The van der Waals surface area contributed by atoms with Crippen molar-refractivity contribution in [2.45, 2.75) is 12.5 Å². The SMILES string of the molecule is COc1cc(OC)cc(C(N)Cc2ccc(F)cc2Cl)c1. The van der Waals surface area contributed by atoms with Gasteiger partial charge < -0.3 is 15.2 Å². The third-order valence-electron chi connectivity index (χ3n) is 3.26. The highest BCUT2D eigenvalue weighted by Crippen LogP contribution is 2.28. The lowest BCUT2D eigenvalue weighted by atomic mass is 9.99. The third kappa shape index (κ3) is 3.86. The summed E-state index contributed by atoms with van der Waals surface area (Å²) in [6, 6.07) is 9.50. The van der Waals surface area contributed by atoms with E-state index >= 15 is 0 Å². The highest BCUT2D eigenvalue weighted by molar-refractivity contribution is 6.31. The summed E-state index contributed by atoms with van der Waals surface area (Å²) in [6.07, 6.45) is 0.495. The van der Waals surface area contributed by atoms with Gasteiger partial charge in [0.1, 0.15) is 17.3 Å². The second-order valence-corrected chi connectivity index (χ2v) is 5.10. The molecule has 0 saturated carbocycles. The molecule has 1 atom stereocenters. The van der Waals surface area contributed by atoms with Crippen LogP contribution in [0, 0.1) is 5.82 Å². The summed E-state index contributed by atoms with van der Waals surface area (Å²) in [5.74, 6) is 0.982. The Morgan fingerprint density at radius 1 is 1.10 bits per heavy atom. The number of rotatable bonds is 5. The van der Waals surface area contributed by atoms with E-state index in [1.54, 1.807) is 26.4 Å². The minimum atomic E-state index is -0.361. The molecule has 0 amide bonds. The van der Waals surface area contributed by atoms with Crippen molar-refractivity contribution in [3.8, 4) is 11.5 Å². The van der Waals surface area contributed by atoms with Gasteiger partial charge in [0.2, 0.25) is 0 Å². The van der Waals surface area contributed by atoms with Crippen LogP contribution in [0.15, 0.2) is 36.4 Å². The van der Waals surface area contributed by atoms with Gasteiger partial charge in [-0.15, -0.1) is 0 Å². The van der Waals surface area contributed by atoms with Gasteiger partial charge in [-0.3, -0.25) is 0 Å². The van der Waals surface area contributed by atoms with Gasteiger partial charge >= 0.3 is 0 Å². The predicted molar refractivity (Wildman–Crippen MR) is 81.6 cm³/mol. The molecule has 0 saturated heterocycles. The minimum absolute atomic E-state index is 0.294. The molecular weight excluding hydrogens is 293 g/mol. The van der Waals surface area contributed by atoms with Gasteiger partial charge in [0.05, 0.1) is 14.2 Å². The summed E-state index contributed by atoms with van der Waals surface area (Å²) in [5.41, 5.74) is 7.88. The van der Waals surface area contributed by atoms with E-state index in [9.17, 15) is 4.39 Å². The fourth-order valence-electron chi connectivity index (χ4n) is 2.09. The number of nitrogens with two attached hydrogens (primary N) is 1. The quantitative estimate of drug-likeness (QED) is 0.915.